The predicted molar refractivity (Wildman–Crippen MR) is 53.0 cm³/mol. The largest absolute Gasteiger partial charge is 0.276 e. The Bertz CT molecular complexity index is 363. The lowest BCUT2D eigenvalue weighted by atomic mass is 10.2. The van der Waals surface area contributed by atoms with Crippen LogP contribution < -0.4 is 5.43 Å². The van der Waals surface area contributed by atoms with E-state index < -0.39 is 0 Å². The van der Waals surface area contributed by atoms with Gasteiger partial charge in [-0.05, 0) is 24.3 Å². The molecule has 0 unspecified atom stereocenters. The second-order valence-corrected chi connectivity index (χ2v) is 2.57. The van der Waals surface area contributed by atoms with Crippen LogP contribution in [0.4, 0.5) is 0 Å². The summed E-state index contributed by atoms with van der Waals surface area (Å²) >= 11 is 0. The number of allylic oxidation sites excluding steroid dienone is 3. The lowest BCUT2D eigenvalue weighted by Gasteiger charge is -2.02. The Morgan fingerprint density at radius 2 is 2.15 bits per heavy atom. The summed E-state index contributed by atoms with van der Waals surface area (Å²) in [6.07, 6.45) is 9.19. The smallest absolute Gasteiger partial charge is 0.0879 e. The van der Waals surface area contributed by atoms with Crippen molar-refractivity contribution >= 4 is 11.9 Å². The Labute approximate surface area is 76.5 Å². The molecule has 0 amide bonds. The highest BCUT2D eigenvalue weighted by atomic mass is 15.3. The van der Waals surface area contributed by atoms with Gasteiger partial charge in [0.05, 0.1) is 11.4 Å². The Kier molecular flexibility index (Phi) is 2.18. The minimum atomic E-state index is 0.895. The third-order valence-electron chi connectivity index (χ3n) is 1.66. The molecule has 0 fully saturated rings. The Balaban J connectivity index is 2.32. The molecule has 1 aromatic heterocycles. The third kappa shape index (κ3) is 1.82. The van der Waals surface area contributed by atoms with Gasteiger partial charge in [-0.2, -0.15) is 5.10 Å². The molecule has 0 aromatic carbocycles. The number of nitrogens with one attached hydrogen (secondary N) is 1. The normalized spacial score (nSPS) is 14.6. The molecule has 13 heavy (non-hydrogen) atoms. The molecule has 2 heterocycles. The molecule has 64 valence electrons. The van der Waals surface area contributed by atoms with E-state index in [1.165, 1.54) is 0 Å². The minimum Gasteiger partial charge on any atom is -0.276 e. The second-order valence-electron chi connectivity index (χ2n) is 2.57. The highest BCUT2D eigenvalue weighted by Crippen LogP contribution is 2.08. The summed E-state index contributed by atoms with van der Waals surface area (Å²) in [7, 11) is 0. The van der Waals surface area contributed by atoms with Gasteiger partial charge in [-0.3, -0.25) is 10.4 Å². The van der Waals surface area contributed by atoms with E-state index in [0.29, 0.717) is 0 Å². The molecule has 1 aliphatic heterocycles. The van der Waals surface area contributed by atoms with E-state index in [0.717, 1.165) is 11.4 Å². The van der Waals surface area contributed by atoms with E-state index >= 15 is 0 Å². The molecular formula is C10H9N3. The number of hydrogen-bond donors (Lipinski definition) is 1. The van der Waals surface area contributed by atoms with Crippen molar-refractivity contribution in [3.63, 3.8) is 0 Å². The third-order valence-corrected chi connectivity index (χ3v) is 1.66. The van der Waals surface area contributed by atoms with Gasteiger partial charge >= 0.3 is 0 Å². The quantitative estimate of drug-likeness (QED) is 0.696. The molecular weight excluding hydrogens is 162 g/mol. The average molecular weight is 171 g/mol. The maximum atomic E-state index is 4.21. The molecule has 1 aromatic rings. The topological polar surface area (TPSA) is 37.3 Å². The van der Waals surface area contributed by atoms with Crippen molar-refractivity contribution in [2.45, 2.75) is 0 Å². The van der Waals surface area contributed by atoms with Crippen molar-refractivity contribution in [3.8, 4) is 0 Å². The van der Waals surface area contributed by atoms with E-state index in [-0.39, 0.29) is 0 Å². The van der Waals surface area contributed by atoms with E-state index in [1.54, 1.807) is 12.4 Å². The molecule has 0 saturated heterocycles. The van der Waals surface area contributed by atoms with Crippen LogP contribution in [0.5, 0.6) is 0 Å². The van der Waals surface area contributed by atoms with Crippen LogP contribution in [0.25, 0.3) is 5.70 Å². The lowest BCUT2D eigenvalue weighted by molar-refractivity contribution is 0.988. The Morgan fingerprint density at radius 1 is 1.15 bits per heavy atom. The van der Waals surface area contributed by atoms with E-state index in [1.807, 2.05) is 36.4 Å². The SMILES string of the molecule is C1=CC=C(c2ccccn2)NN=C1. The number of hydrogen-bond acceptors (Lipinski definition) is 3. The first kappa shape index (κ1) is 7.73. The van der Waals surface area contributed by atoms with Crippen molar-refractivity contribution in [1.29, 1.82) is 0 Å². The summed E-state index contributed by atoms with van der Waals surface area (Å²) in [6, 6.07) is 5.77. The van der Waals surface area contributed by atoms with Gasteiger partial charge in [0.1, 0.15) is 0 Å². The van der Waals surface area contributed by atoms with Gasteiger partial charge < -0.3 is 0 Å². The molecule has 0 spiro atoms. The number of rotatable bonds is 1. The molecule has 0 radical (unpaired) electrons. The van der Waals surface area contributed by atoms with Crippen LogP contribution in [0.3, 0.4) is 0 Å². The van der Waals surface area contributed by atoms with Gasteiger partial charge in [0.2, 0.25) is 0 Å². The van der Waals surface area contributed by atoms with Gasteiger partial charge in [-0.1, -0.05) is 12.1 Å². The standard InChI is InChI=1S/C10H9N3/c1-3-7-11-9(5-1)10-6-2-4-8-12-13-10/h1-8,13H. The number of aromatic nitrogens is 1. The van der Waals surface area contributed by atoms with Crippen molar-refractivity contribution in [3.05, 3.63) is 48.3 Å². The lowest BCUT2D eigenvalue weighted by Crippen LogP contribution is -2.04. The maximum Gasteiger partial charge on any atom is 0.0879 e. The van der Waals surface area contributed by atoms with Crippen LogP contribution in [-0.4, -0.2) is 11.2 Å². The summed E-state index contributed by atoms with van der Waals surface area (Å²) < 4.78 is 0. The van der Waals surface area contributed by atoms with Gasteiger partial charge in [0.25, 0.3) is 0 Å². The summed E-state index contributed by atoms with van der Waals surface area (Å²) in [5, 5.41) is 3.96. The van der Waals surface area contributed by atoms with Crippen LogP contribution in [0.1, 0.15) is 5.69 Å². The molecule has 2 rings (SSSR count). The van der Waals surface area contributed by atoms with Gasteiger partial charge in [-0.15, -0.1) is 0 Å². The first-order chi connectivity index (χ1) is 6.47. The fraction of sp³-hybridized carbons (Fsp3) is 0. The molecule has 1 aliphatic rings. The molecule has 3 heteroatoms. The summed E-state index contributed by atoms with van der Waals surface area (Å²) in [5.41, 5.74) is 4.71. The summed E-state index contributed by atoms with van der Waals surface area (Å²) in [6.45, 7) is 0. The van der Waals surface area contributed by atoms with Crippen molar-refractivity contribution in [2.24, 2.45) is 5.10 Å². The van der Waals surface area contributed by atoms with E-state index in [9.17, 15) is 0 Å². The average Bonchev–Trinajstić information content (AvgIpc) is 2.47. The van der Waals surface area contributed by atoms with Crippen molar-refractivity contribution in [1.82, 2.24) is 10.4 Å². The van der Waals surface area contributed by atoms with Gasteiger partial charge in [0.15, 0.2) is 0 Å². The molecule has 0 atom stereocenters. The minimum absolute atomic E-state index is 0.895. The number of pyridine rings is 1. The van der Waals surface area contributed by atoms with Crippen LogP contribution in [-0.2, 0) is 0 Å². The Hall–Kier alpha value is -1.90. The zero-order chi connectivity index (χ0) is 8.93. The van der Waals surface area contributed by atoms with E-state index in [2.05, 4.69) is 15.5 Å². The molecule has 0 bridgehead atoms. The first-order valence-corrected chi connectivity index (χ1v) is 4.04. The zero-order valence-electron chi connectivity index (χ0n) is 7.01. The molecule has 1 N–H and O–H groups in total. The van der Waals surface area contributed by atoms with Crippen LogP contribution in [0.2, 0.25) is 0 Å². The van der Waals surface area contributed by atoms with Crippen LogP contribution >= 0.6 is 0 Å². The van der Waals surface area contributed by atoms with Crippen LogP contribution in [0.15, 0.2) is 47.7 Å². The van der Waals surface area contributed by atoms with Crippen molar-refractivity contribution in [2.75, 3.05) is 0 Å². The summed E-state index contributed by atoms with van der Waals surface area (Å²) in [4.78, 5) is 4.21. The summed E-state index contributed by atoms with van der Waals surface area (Å²) in [5.74, 6) is 0. The fourth-order valence-corrected chi connectivity index (χ4v) is 1.05. The Morgan fingerprint density at radius 3 is 3.00 bits per heavy atom. The van der Waals surface area contributed by atoms with Gasteiger partial charge in [-0.25, -0.2) is 0 Å². The molecule has 0 aliphatic carbocycles. The fourth-order valence-electron chi connectivity index (χ4n) is 1.05. The highest BCUT2D eigenvalue weighted by molar-refractivity contribution is 5.75. The monoisotopic (exact) mass is 171 g/mol. The van der Waals surface area contributed by atoms with Gasteiger partial charge in [0, 0.05) is 12.4 Å². The molecule has 0 saturated carbocycles. The number of hydrazone groups is 1. The predicted octanol–water partition coefficient (Wildman–Crippen LogP) is 1.57. The zero-order valence-corrected chi connectivity index (χ0v) is 7.01. The first-order valence-electron chi connectivity index (χ1n) is 4.04. The highest BCUT2D eigenvalue weighted by Gasteiger charge is 1.99. The second kappa shape index (κ2) is 3.67. The maximum absolute atomic E-state index is 4.21. The van der Waals surface area contributed by atoms with E-state index in [4.69, 9.17) is 0 Å². The van der Waals surface area contributed by atoms with Crippen molar-refractivity contribution < 1.29 is 0 Å². The van der Waals surface area contributed by atoms with Crippen LogP contribution in [0, 0.1) is 0 Å². The molecule has 3 nitrogen and oxygen atoms in total. The number of nitrogens with zero attached hydrogens (tertiary/aromatic N) is 2.